The van der Waals surface area contributed by atoms with Crippen molar-refractivity contribution in [3.05, 3.63) is 17.9 Å². The normalized spacial score (nSPS) is 12.1. The van der Waals surface area contributed by atoms with Crippen LogP contribution in [0.1, 0.15) is 13.8 Å². The van der Waals surface area contributed by atoms with Crippen molar-refractivity contribution in [3.8, 4) is 5.75 Å². The SMILES string of the molecule is COc1c(N)cc(S(=O)(=O)NCCN(C)C(C)C)cc1F. The number of hydrogen-bond acceptors (Lipinski definition) is 5. The number of sulfonamides is 1. The highest BCUT2D eigenvalue weighted by atomic mass is 32.2. The van der Waals surface area contributed by atoms with Gasteiger partial charge in [0.2, 0.25) is 10.0 Å². The van der Waals surface area contributed by atoms with Gasteiger partial charge in [-0.2, -0.15) is 0 Å². The van der Waals surface area contributed by atoms with Crippen LogP contribution in [0.25, 0.3) is 0 Å². The predicted molar refractivity (Wildman–Crippen MR) is 80.3 cm³/mol. The van der Waals surface area contributed by atoms with Gasteiger partial charge >= 0.3 is 0 Å². The molecule has 0 amide bonds. The molecule has 0 heterocycles. The van der Waals surface area contributed by atoms with Crippen LogP contribution in [-0.4, -0.2) is 46.6 Å². The topological polar surface area (TPSA) is 84.7 Å². The molecule has 1 aromatic rings. The molecule has 3 N–H and O–H groups in total. The molecule has 0 aromatic heterocycles. The van der Waals surface area contributed by atoms with E-state index in [0.29, 0.717) is 12.6 Å². The van der Waals surface area contributed by atoms with Gasteiger partial charge in [-0.25, -0.2) is 17.5 Å². The maximum absolute atomic E-state index is 13.7. The largest absolute Gasteiger partial charge is 0.492 e. The van der Waals surface area contributed by atoms with Gasteiger partial charge in [-0.3, -0.25) is 0 Å². The van der Waals surface area contributed by atoms with Crippen LogP contribution in [0, 0.1) is 5.82 Å². The number of likely N-dealkylation sites (N-methyl/N-ethyl adjacent to an activating group) is 1. The Morgan fingerprint density at radius 3 is 2.52 bits per heavy atom. The monoisotopic (exact) mass is 319 g/mol. The highest BCUT2D eigenvalue weighted by molar-refractivity contribution is 7.89. The zero-order valence-electron chi connectivity index (χ0n) is 12.7. The molecule has 0 atom stereocenters. The summed E-state index contributed by atoms with van der Waals surface area (Å²) < 4.78 is 45.1. The summed E-state index contributed by atoms with van der Waals surface area (Å²) in [5.41, 5.74) is 5.52. The standard InChI is InChI=1S/C13H22FN3O3S/c1-9(2)17(3)6-5-16-21(18,19)10-7-11(14)13(20-4)12(15)8-10/h7-9,16H,5-6,15H2,1-4H3. The first-order chi connectivity index (χ1) is 9.69. The van der Waals surface area contributed by atoms with Crippen molar-refractivity contribution >= 4 is 15.7 Å². The lowest BCUT2D eigenvalue weighted by atomic mass is 10.3. The second-order valence-electron chi connectivity index (χ2n) is 5.00. The van der Waals surface area contributed by atoms with Crippen molar-refractivity contribution in [2.24, 2.45) is 0 Å². The molecular formula is C13H22FN3O3S. The fourth-order valence-corrected chi connectivity index (χ4v) is 2.72. The lowest BCUT2D eigenvalue weighted by Crippen LogP contribution is -2.36. The molecule has 0 fully saturated rings. The minimum Gasteiger partial charge on any atom is -0.492 e. The number of benzene rings is 1. The van der Waals surface area contributed by atoms with Crippen LogP contribution in [0.5, 0.6) is 5.75 Å². The fourth-order valence-electron chi connectivity index (χ4n) is 1.66. The molecular weight excluding hydrogens is 297 g/mol. The lowest BCUT2D eigenvalue weighted by molar-refractivity contribution is 0.278. The average molecular weight is 319 g/mol. The van der Waals surface area contributed by atoms with Crippen LogP contribution >= 0.6 is 0 Å². The van der Waals surface area contributed by atoms with Gasteiger partial charge in [-0.05, 0) is 33.0 Å². The van der Waals surface area contributed by atoms with Gasteiger partial charge in [0.05, 0.1) is 17.7 Å². The molecule has 120 valence electrons. The molecule has 21 heavy (non-hydrogen) atoms. The highest BCUT2D eigenvalue weighted by Crippen LogP contribution is 2.28. The Morgan fingerprint density at radius 2 is 2.05 bits per heavy atom. The van der Waals surface area contributed by atoms with E-state index in [-0.39, 0.29) is 22.9 Å². The number of nitrogens with zero attached hydrogens (tertiary/aromatic N) is 1. The van der Waals surface area contributed by atoms with Gasteiger partial charge < -0.3 is 15.4 Å². The molecule has 0 aliphatic carbocycles. The van der Waals surface area contributed by atoms with Crippen molar-refractivity contribution in [1.29, 1.82) is 0 Å². The maximum atomic E-state index is 13.7. The van der Waals surface area contributed by atoms with Crippen molar-refractivity contribution in [3.63, 3.8) is 0 Å². The van der Waals surface area contributed by atoms with Crippen molar-refractivity contribution in [1.82, 2.24) is 9.62 Å². The van der Waals surface area contributed by atoms with Crippen LogP contribution in [0.15, 0.2) is 17.0 Å². The molecule has 0 radical (unpaired) electrons. The van der Waals surface area contributed by atoms with E-state index in [0.717, 1.165) is 6.07 Å². The summed E-state index contributed by atoms with van der Waals surface area (Å²) in [5.74, 6) is -0.967. The zero-order valence-corrected chi connectivity index (χ0v) is 13.5. The highest BCUT2D eigenvalue weighted by Gasteiger charge is 2.19. The first kappa shape index (κ1) is 17.7. The number of methoxy groups -OCH3 is 1. The number of nitrogen functional groups attached to an aromatic ring is 1. The van der Waals surface area contributed by atoms with Crippen molar-refractivity contribution in [2.75, 3.05) is 33.0 Å². The molecule has 0 saturated carbocycles. The third kappa shape index (κ3) is 4.55. The molecule has 0 aliphatic heterocycles. The summed E-state index contributed by atoms with van der Waals surface area (Å²) in [6, 6.07) is 2.38. The van der Waals surface area contributed by atoms with E-state index in [4.69, 9.17) is 10.5 Å². The van der Waals surface area contributed by atoms with Crippen molar-refractivity contribution < 1.29 is 17.5 Å². The second kappa shape index (κ2) is 7.06. The Labute approximate surface area is 125 Å². The van der Waals surface area contributed by atoms with Gasteiger partial charge in [0.15, 0.2) is 11.6 Å². The van der Waals surface area contributed by atoms with Gasteiger partial charge in [0, 0.05) is 19.1 Å². The number of hydrogen-bond donors (Lipinski definition) is 2. The van der Waals surface area contributed by atoms with Crippen LogP contribution < -0.4 is 15.2 Å². The predicted octanol–water partition coefficient (Wildman–Crippen LogP) is 1.03. The average Bonchev–Trinajstić information content (AvgIpc) is 2.37. The smallest absolute Gasteiger partial charge is 0.240 e. The third-order valence-corrected chi connectivity index (χ3v) is 4.64. The van der Waals surface area contributed by atoms with E-state index in [9.17, 15) is 12.8 Å². The number of nitrogens with two attached hydrogens (primary N) is 1. The van der Waals surface area contributed by atoms with Gasteiger partial charge in [-0.15, -0.1) is 0 Å². The van der Waals surface area contributed by atoms with Crippen LogP contribution in [0.4, 0.5) is 10.1 Å². The van der Waals surface area contributed by atoms with Gasteiger partial charge in [0.1, 0.15) is 0 Å². The molecule has 0 saturated heterocycles. The van der Waals surface area contributed by atoms with E-state index in [1.165, 1.54) is 13.2 Å². The maximum Gasteiger partial charge on any atom is 0.240 e. The molecule has 0 bridgehead atoms. The third-order valence-electron chi connectivity index (χ3n) is 3.20. The van der Waals surface area contributed by atoms with Crippen LogP contribution in [-0.2, 0) is 10.0 Å². The summed E-state index contributed by atoms with van der Waals surface area (Å²) in [6.45, 7) is 4.79. The van der Waals surface area contributed by atoms with Gasteiger partial charge in [0.25, 0.3) is 0 Å². The summed E-state index contributed by atoms with van der Waals surface area (Å²) in [7, 11) is -0.644. The van der Waals surface area contributed by atoms with Crippen LogP contribution in [0.3, 0.4) is 0 Å². The van der Waals surface area contributed by atoms with E-state index in [1.807, 2.05) is 25.8 Å². The summed E-state index contributed by atoms with van der Waals surface area (Å²) in [5, 5.41) is 0. The summed E-state index contributed by atoms with van der Waals surface area (Å²) >= 11 is 0. The van der Waals surface area contributed by atoms with Crippen LogP contribution in [0.2, 0.25) is 0 Å². The zero-order chi connectivity index (χ0) is 16.2. The summed E-state index contributed by atoms with van der Waals surface area (Å²) in [6.07, 6.45) is 0. The summed E-state index contributed by atoms with van der Waals surface area (Å²) in [4.78, 5) is 1.77. The minimum absolute atomic E-state index is 0.0582. The molecule has 1 aromatic carbocycles. The molecule has 1 rings (SSSR count). The molecule has 0 spiro atoms. The first-order valence-electron chi connectivity index (χ1n) is 6.52. The Morgan fingerprint density at radius 1 is 1.43 bits per heavy atom. The number of rotatable bonds is 7. The lowest BCUT2D eigenvalue weighted by Gasteiger charge is -2.21. The number of halogens is 1. The number of ether oxygens (including phenoxy) is 1. The van der Waals surface area contributed by atoms with E-state index < -0.39 is 15.8 Å². The van der Waals surface area contributed by atoms with Crippen molar-refractivity contribution in [2.45, 2.75) is 24.8 Å². The van der Waals surface area contributed by atoms with E-state index in [1.54, 1.807) is 0 Å². The fraction of sp³-hybridized carbons (Fsp3) is 0.538. The second-order valence-corrected chi connectivity index (χ2v) is 6.77. The Bertz CT molecular complexity index is 567. The number of nitrogens with one attached hydrogen (secondary N) is 1. The molecule has 0 aliphatic rings. The minimum atomic E-state index is -3.80. The molecule has 8 heteroatoms. The quantitative estimate of drug-likeness (QED) is 0.734. The molecule has 6 nitrogen and oxygen atoms in total. The Balaban J connectivity index is 2.84. The molecule has 0 unspecified atom stereocenters. The van der Waals surface area contributed by atoms with E-state index >= 15 is 0 Å². The van der Waals surface area contributed by atoms with Gasteiger partial charge in [-0.1, -0.05) is 0 Å². The first-order valence-corrected chi connectivity index (χ1v) is 8.00. The van der Waals surface area contributed by atoms with E-state index in [2.05, 4.69) is 4.72 Å². The number of anilines is 1. The Kier molecular flexibility index (Phi) is 5.94. The Hall–Kier alpha value is -1.38.